The summed E-state index contributed by atoms with van der Waals surface area (Å²) >= 11 is 0. The molecule has 0 heterocycles. The largest absolute Gasteiger partial charge is 0.462 e. The van der Waals surface area contributed by atoms with Crippen LogP contribution in [0.4, 0.5) is 0 Å². The molecule has 0 aromatic heterocycles. The highest BCUT2D eigenvalue weighted by atomic mass is 16.6. The summed E-state index contributed by atoms with van der Waals surface area (Å²) in [4.78, 5) is 38.1. The Balaban J connectivity index is 4.09. The van der Waals surface area contributed by atoms with E-state index in [-0.39, 0.29) is 31.1 Å². The number of hydrogen-bond acceptors (Lipinski definition) is 6. The molecule has 0 saturated heterocycles. The average molecular weight is 1020 g/mol. The Morgan fingerprint density at radius 1 is 0.274 bits per heavy atom. The van der Waals surface area contributed by atoms with Crippen molar-refractivity contribution in [1.29, 1.82) is 0 Å². The summed E-state index contributed by atoms with van der Waals surface area (Å²) in [7, 11) is 0. The fourth-order valence-electron chi connectivity index (χ4n) is 9.45. The molecule has 426 valence electrons. The number of ether oxygens (including phenoxy) is 3. The monoisotopic (exact) mass is 1020 g/mol. The van der Waals surface area contributed by atoms with Crippen LogP contribution in [-0.4, -0.2) is 37.2 Å². The van der Waals surface area contributed by atoms with Crippen molar-refractivity contribution in [1.82, 2.24) is 0 Å². The Kier molecular flexibility index (Phi) is 59.7. The van der Waals surface area contributed by atoms with E-state index >= 15 is 0 Å². The molecule has 0 aliphatic rings. The first-order chi connectivity index (χ1) is 36.0. The Hall–Kier alpha value is -2.63. The number of unbranched alkanes of at least 4 members (excludes halogenated alkanes) is 40. The van der Waals surface area contributed by atoms with Gasteiger partial charge in [-0.1, -0.05) is 288 Å². The third-order valence-corrected chi connectivity index (χ3v) is 14.3. The molecule has 0 amide bonds. The van der Waals surface area contributed by atoms with Crippen molar-refractivity contribution in [3.8, 4) is 0 Å². The summed E-state index contributed by atoms with van der Waals surface area (Å²) in [5, 5.41) is 0. The van der Waals surface area contributed by atoms with Gasteiger partial charge in [0.15, 0.2) is 6.10 Å². The molecule has 0 aromatic rings. The van der Waals surface area contributed by atoms with Gasteiger partial charge >= 0.3 is 17.9 Å². The quantitative estimate of drug-likeness (QED) is 0.0261. The summed E-state index contributed by atoms with van der Waals surface area (Å²) in [5.41, 5.74) is 0. The van der Waals surface area contributed by atoms with Gasteiger partial charge < -0.3 is 14.2 Å². The first-order valence-corrected chi connectivity index (χ1v) is 32.1. The van der Waals surface area contributed by atoms with Crippen LogP contribution in [0.3, 0.4) is 0 Å². The molecular formula is C67H122O6. The highest BCUT2D eigenvalue weighted by Gasteiger charge is 2.19. The molecule has 0 rings (SSSR count). The number of esters is 3. The second-order valence-corrected chi connectivity index (χ2v) is 21.7. The van der Waals surface area contributed by atoms with Crippen molar-refractivity contribution >= 4 is 17.9 Å². The Morgan fingerprint density at radius 3 is 0.753 bits per heavy atom. The third-order valence-electron chi connectivity index (χ3n) is 14.3. The van der Waals surface area contributed by atoms with E-state index in [0.29, 0.717) is 19.3 Å². The lowest BCUT2D eigenvalue weighted by Gasteiger charge is -2.18. The zero-order valence-corrected chi connectivity index (χ0v) is 48.9. The summed E-state index contributed by atoms with van der Waals surface area (Å²) in [5.74, 6) is -0.865. The van der Waals surface area contributed by atoms with Crippen molar-refractivity contribution in [2.45, 2.75) is 348 Å². The van der Waals surface area contributed by atoms with Gasteiger partial charge in [-0.25, -0.2) is 0 Å². The number of carbonyl (C=O) groups is 3. The summed E-state index contributed by atoms with van der Waals surface area (Å²) in [6.07, 6.45) is 77.2. The molecule has 0 saturated carbocycles. The van der Waals surface area contributed by atoms with Crippen LogP contribution in [0.2, 0.25) is 0 Å². The fraction of sp³-hybridized carbons (Fsp3) is 0.836. The summed E-state index contributed by atoms with van der Waals surface area (Å²) in [6, 6.07) is 0. The minimum Gasteiger partial charge on any atom is -0.462 e. The second-order valence-electron chi connectivity index (χ2n) is 21.7. The van der Waals surface area contributed by atoms with Gasteiger partial charge in [-0.2, -0.15) is 0 Å². The predicted molar refractivity (Wildman–Crippen MR) is 316 cm³/mol. The molecule has 6 heteroatoms. The maximum absolute atomic E-state index is 12.9. The highest BCUT2D eigenvalue weighted by Crippen LogP contribution is 2.17. The van der Waals surface area contributed by atoms with Crippen LogP contribution in [0.5, 0.6) is 0 Å². The normalized spacial score (nSPS) is 12.3. The molecule has 1 unspecified atom stereocenters. The maximum Gasteiger partial charge on any atom is 0.306 e. The lowest BCUT2D eigenvalue weighted by Crippen LogP contribution is -2.30. The molecule has 73 heavy (non-hydrogen) atoms. The average Bonchev–Trinajstić information content (AvgIpc) is 3.39. The van der Waals surface area contributed by atoms with Crippen LogP contribution < -0.4 is 0 Å². The van der Waals surface area contributed by atoms with Gasteiger partial charge in [0.25, 0.3) is 0 Å². The maximum atomic E-state index is 12.9. The topological polar surface area (TPSA) is 78.9 Å². The van der Waals surface area contributed by atoms with E-state index in [1.54, 1.807) is 0 Å². The smallest absolute Gasteiger partial charge is 0.306 e. The van der Waals surface area contributed by atoms with E-state index in [1.165, 1.54) is 231 Å². The van der Waals surface area contributed by atoms with Gasteiger partial charge in [0.05, 0.1) is 0 Å². The summed E-state index contributed by atoms with van der Waals surface area (Å²) in [6.45, 7) is 6.62. The highest BCUT2D eigenvalue weighted by molar-refractivity contribution is 5.71. The van der Waals surface area contributed by atoms with Gasteiger partial charge in [-0.3, -0.25) is 14.4 Å². The lowest BCUT2D eigenvalue weighted by molar-refractivity contribution is -0.167. The number of allylic oxidation sites excluding steroid dienone is 8. The SMILES string of the molecule is CCCCCCC/C=C\C/C=C\CCCCCCCCCCCCCCCCCC(=O)OCC(COC(=O)CCCCCCCCC)OC(=O)CCCCCCCCCCC/C=C\C/C=C\CCCCCCC. The molecular weight excluding hydrogens is 901 g/mol. The molecule has 0 N–H and O–H groups in total. The van der Waals surface area contributed by atoms with Crippen molar-refractivity contribution < 1.29 is 28.6 Å². The van der Waals surface area contributed by atoms with Crippen molar-refractivity contribution in [2.24, 2.45) is 0 Å². The van der Waals surface area contributed by atoms with Crippen LogP contribution in [0.1, 0.15) is 342 Å². The molecule has 0 aliphatic carbocycles. The van der Waals surface area contributed by atoms with E-state index in [1.807, 2.05) is 0 Å². The molecule has 0 fully saturated rings. The Labute approximate surface area is 454 Å². The molecule has 0 bridgehead atoms. The lowest BCUT2D eigenvalue weighted by atomic mass is 10.0. The van der Waals surface area contributed by atoms with Gasteiger partial charge in [0, 0.05) is 19.3 Å². The molecule has 0 aromatic carbocycles. The van der Waals surface area contributed by atoms with Gasteiger partial charge in [-0.15, -0.1) is 0 Å². The first-order valence-electron chi connectivity index (χ1n) is 32.1. The van der Waals surface area contributed by atoms with Crippen LogP contribution in [0, 0.1) is 0 Å². The van der Waals surface area contributed by atoms with E-state index < -0.39 is 6.10 Å². The number of hydrogen-bond donors (Lipinski definition) is 0. The molecule has 0 spiro atoms. The van der Waals surface area contributed by atoms with Crippen molar-refractivity contribution in [2.75, 3.05) is 13.2 Å². The molecule has 0 aliphatic heterocycles. The van der Waals surface area contributed by atoms with Crippen LogP contribution in [0.25, 0.3) is 0 Å². The van der Waals surface area contributed by atoms with E-state index in [0.717, 1.165) is 70.6 Å². The standard InChI is InChI=1S/C67H122O6/c1-4-7-10-13-16-18-20-22-24-26-28-30-31-32-33-34-35-37-38-40-42-44-46-48-51-54-57-60-66(69)72-63-64(62-71-65(68)59-56-53-50-15-12-9-6-3)73-67(70)61-58-55-52-49-47-45-43-41-39-36-29-27-25-23-21-19-17-14-11-8-5-2/h20-23,26-29,64H,4-19,24-25,30-63H2,1-3H3/b22-20-,23-21-,28-26-,29-27-. The minimum atomic E-state index is -0.772. The van der Waals surface area contributed by atoms with Crippen molar-refractivity contribution in [3.63, 3.8) is 0 Å². The van der Waals surface area contributed by atoms with E-state index in [4.69, 9.17) is 14.2 Å². The fourth-order valence-corrected chi connectivity index (χ4v) is 9.45. The second kappa shape index (κ2) is 61.9. The van der Waals surface area contributed by atoms with Crippen LogP contribution in [0.15, 0.2) is 48.6 Å². The van der Waals surface area contributed by atoms with Gasteiger partial charge in [0.1, 0.15) is 13.2 Å². The van der Waals surface area contributed by atoms with Crippen LogP contribution >= 0.6 is 0 Å². The van der Waals surface area contributed by atoms with Crippen molar-refractivity contribution in [3.05, 3.63) is 48.6 Å². The Morgan fingerprint density at radius 2 is 0.493 bits per heavy atom. The molecule has 1 atom stereocenters. The van der Waals surface area contributed by atoms with Crippen LogP contribution in [-0.2, 0) is 28.6 Å². The minimum absolute atomic E-state index is 0.0716. The first kappa shape index (κ1) is 70.4. The zero-order chi connectivity index (χ0) is 52.9. The van der Waals surface area contributed by atoms with E-state index in [2.05, 4.69) is 69.4 Å². The van der Waals surface area contributed by atoms with Gasteiger partial charge in [-0.05, 0) is 83.5 Å². The Bertz CT molecular complexity index is 1270. The number of carbonyl (C=O) groups excluding carboxylic acids is 3. The molecule has 0 radical (unpaired) electrons. The zero-order valence-electron chi connectivity index (χ0n) is 48.9. The third kappa shape index (κ3) is 60.1. The predicted octanol–water partition coefficient (Wildman–Crippen LogP) is 21.8. The molecule has 6 nitrogen and oxygen atoms in total. The van der Waals surface area contributed by atoms with E-state index in [9.17, 15) is 14.4 Å². The summed E-state index contributed by atoms with van der Waals surface area (Å²) < 4.78 is 16.8. The van der Waals surface area contributed by atoms with Gasteiger partial charge in [0.2, 0.25) is 0 Å². The number of rotatable bonds is 59.